The predicted molar refractivity (Wildman–Crippen MR) is 45.6 cm³/mol. The lowest BCUT2D eigenvalue weighted by Crippen LogP contribution is -2.07. The molecule has 0 radical (unpaired) electrons. The van der Waals surface area contributed by atoms with Gasteiger partial charge in [-0.1, -0.05) is 0 Å². The summed E-state index contributed by atoms with van der Waals surface area (Å²) in [5, 5.41) is 0. The van der Waals surface area contributed by atoms with Crippen molar-refractivity contribution in [2.75, 3.05) is 0 Å². The Hall–Kier alpha value is -1.85. The van der Waals surface area contributed by atoms with Crippen LogP contribution in [0.2, 0.25) is 0 Å². The Bertz CT molecular complexity index is 516. The molecule has 2 rings (SSSR count). The van der Waals surface area contributed by atoms with Crippen molar-refractivity contribution in [1.29, 1.82) is 0 Å². The SMILES string of the molecule is O=Cc1cc(C(F)(F)F)cc2cncn12. The summed E-state index contributed by atoms with van der Waals surface area (Å²) in [6, 6.07) is 1.74. The van der Waals surface area contributed by atoms with Crippen LogP contribution in [0.25, 0.3) is 5.52 Å². The normalized spacial score (nSPS) is 11.9. The Kier molecular flexibility index (Phi) is 1.99. The minimum Gasteiger partial charge on any atom is -0.296 e. The van der Waals surface area contributed by atoms with E-state index >= 15 is 0 Å². The van der Waals surface area contributed by atoms with Gasteiger partial charge in [-0.25, -0.2) is 4.98 Å². The minimum absolute atomic E-state index is 0.0719. The van der Waals surface area contributed by atoms with Crippen LogP contribution in [0, 0.1) is 0 Å². The molecule has 78 valence electrons. The van der Waals surface area contributed by atoms with Crippen LogP contribution < -0.4 is 0 Å². The van der Waals surface area contributed by atoms with Gasteiger partial charge in [-0.05, 0) is 12.1 Å². The van der Waals surface area contributed by atoms with Crippen LogP contribution in [0.15, 0.2) is 24.7 Å². The number of carbonyl (C=O) groups excluding carboxylic acids is 1. The summed E-state index contributed by atoms with van der Waals surface area (Å²) in [5.74, 6) is 0. The maximum absolute atomic E-state index is 12.4. The molecule has 3 nitrogen and oxygen atoms in total. The van der Waals surface area contributed by atoms with Crippen LogP contribution in [0.5, 0.6) is 0 Å². The first kappa shape index (κ1) is 9.70. The van der Waals surface area contributed by atoms with Gasteiger partial charge in [-0.3, -0.25) is 9.20 Å². The van der Waals surface area contributed by atoms with Crippen LogP contribution in [-0.4, -0.2) is 15.7 Å². The number of imidazole rings is 1. The summed E-state index contributed by atoms with van der Waals surface area (Å²) in [6.07, 6.45) is -1.53. The highest BCUT2D eigenvalue weighted by atomic mass is 19.4. The number of aromatic nitrogens is 2. The van der Waals surface area contributed by atoms with Gasteiger partial charge in [0.2, 0.25) is 0 Å². The van der Waals surface area contributed by atoms with Crippen LogP contribution in [0.1, 0.15) is 16.1 Å². The third-order valence-corrected chi connectivity index (χ3v) is 2.00. The van der Waals surface area contributed by atoms with Crippen molar-refractivity contribution >= 4 is 11.8 Å². The van der Waals surface area contributed by atoms with Crippen molar-refractivity contribution < 1.29 is 18.0 Å². The van der Waals surface area contributed by atoms with Crippen LogP contribution in [0.3, 0.4) is 0 Å². The van der Waals surface area contributed by atoms with Crippen molar-refractivity contribution in [2.45, 2.75) is 6.18 Å². The molecule has 6 heteroatoms. The number of hydrogen-bond acceptors (Lipinski definition) is 2. The second-order valence-corrected chi connectivity index (χ2v) is 2.97. The van der Waals surface area contributed by atoms with E-state index in [4.69, 9.17) is 0 Å². The number of halogens is 3. The maximum atomic E-state index is 12.4. The second kappa shape index (κ2) is 3.08. The largest absolute Gasteiger partial charge is 0.416 e. The molecule has 2 heterocycles. The van der Waals surface area contributed by atoms with E-state index in [-0.39, 0.29) is 11.2 Å². The Balaban J connectivity index is 2.74. The number of carbonyl (C=O) groups is 1. The van der Waals surface area contributed by atoms with Gasteiger partial charge < -0.3 is 0 Å². The summed E-state index contributed by atoms with van der Waals surface area (Å²) in [4.78, 5) is 14.3. The molecule has 0 amide bonds. The highest BCUT2D eigenvalue weighted by molar-refractivity contribution is 5.75. The Morgan fingerprint density at radius 1 is 1.33 bits per heavy atom. The van der Waals surface area contributed by atoms with Crippen molar-refractivity contribution in [3.63, 3.8) is 0 Å². The first-order valence-electron chi connectivity index (χ1n) is 4.01. The summed E-state index contributed by atoms with van der Waals surface area (Å²) < 4.78 is 38.5. The van der Waals surface area contributed by atoms with E-state index in [0.29, 0.717) is 6.29 Å². The molecular weight excluding hydrogens is 209 g/mol. The molecule has 0 saturated heterocycles. The zero-order chi connectivity index (χ0) is 11.1. The van der Waals surface area contributed by atoms with E-state index in [0.717, 1.165) is 12.1 Å². The molecule has 0 unspecified atom stereocenters. The third-order valence-electron chi connectivity index (χ3n) is 2.00. The fraction of sp³-hybridized carbons (Fsp3) is 0.111. The fourth-order valence-electron chi connectivity index (χ4n) is 1.31. The Morgan fingerprint density at radius 2 is 2.07 bits per heavy atom. The maximum Gasteiger partial charge on any atom is 0.416 e. The summed E-state index contributed by atoms with van der Waals surface area (Å²) >= 11 is 0. The summed E-state index contributed by atoms with van der Waals surface area (Å²) in [6.45, 7) is 0. The smallest absolute Gasteiger partial charge is 0.296 e. The molecule has 0 aliphatic rings. The fourth-order valence-corrected chi connectivity index (χ4v) is 1.31. The first-order chi connectivity index (χ1) is 7.02. The summed E-state index contributed by atoms with van der Waals surface area (Å²) in [5.41, 5.74) is -0.679. The lowest BCUT2D eigenvalue weighted by molar-refractivity contribution is -0.137. The molecule has 0 aliphatic heterocycles. The number of fused-ring (bicyclic) bond motifs is 1. The molecule has 0 bridgehead atoms. The third kappa shape index (κ3) is 1.58. The van der Waals surface area contributed by atoms with Gasteiger partial charge in [0.25, 0.3) is 0 Å². The molecule has 2 aromatic heterocycles. The summed E-state index contributed by atoms with van der Waals surface area (Å²) in [7, 11) is 0. The number of alkyl halides is 3. The monoisotopic (exact) mass is 214 g/mol. The van der Waals surface area contributed by atoms with E-state index in [2.05, 4.69) is 4.98 Å². The lowest BCUT2D eigenvalue weighted by Gasteiger charge is -2.08. The van der Waals surface area contributed by atoms with Gasteiger partial charge in [-0.2, -0.15) is 13.2 Å². The number of rotatable bonds is 1. The zero-order valence-electron chi connectivity index (χ0n) is 7.32. The highest BCUT2D eigenvalue weighted by Gasteiger charge is 2.31. The van der Waals surface area contributed by atoms with Crippen molar-refractivity contribution in [1.82, 2.24) is 9.38 Å². The number of nitrogens with zero attached hydrogens (tertiary/aromatic N) is 2. The molecule has 0 aliphatic carbocycles. The molecular formula is C9H5F3N2O. The quantitative estimate of drug-likeness (QED) is 0.682. The van der Waals surface area contributed by atoms with Crippen molar-refractivity contribution in [3.8, 4) is 0 Å². The highest BCUT2D eigenvalue weighted by Crippen LogP contribution is 2.30. The van der Waals surface area contributed by atoms with Crippen molar-refractivity contribution in [2.24, 2.45) is 0 Å². The lowest BCUT2D eigenvalue weighted by atomic mass is 10.2. The number of aldehydes is 1. The van der Waals surface area contributed by atoms with Crippen molar-refractivity contribution in [3.05, 3.63) is 35.9 Å². The van der Waals surface area contributed by atoms with E-state index in [1.807, 2.05) is 0 Å². The van der Waals surface area contributed by atoms with E-state index < -0.39 is 11.7 Å². The van der Waals surface area contributed by atoms with Gasteiger partial charge in [0, 0.05) is 0 Å². The molecule has 0 N–H and O–H groups in total. The molecule has 0 saturated carbocycles. The van der Waals surface area contributed by atoms with Gasteiger partial charge in [0.05, 0.1) is 29.3 Å². The molecule has 15 heavy (non-hydrogen) atoms. The average Bonchev–Trinajstić information content (AvgIpc) is 2.62. The van der Waals surface area contributed by atoms with Crippen LogP contribution >= 0.6 is 0 Å². The molecule has 2 aromatic rings. The van der Waals surface area contributed by atoms with Crippen LogP contribution in [0.4, 0.5) is 13.2 Å². The van der Waals surface area contributed by atoms with Gasteiger partial charge in [0.15, 0.2) is 6.29 Å². The van der Waals surface area contributed by atoms with Gasteiger partial charge >= 0.3 is 6.18 Å². The standard InChI is InChI=1S/C9H5F3N2O/c10-9(11,12)6-1-7-3-13-5-14(7)8(2-6)4-15/h1-5H. The molecule has 0 atom stereocenters. The number of hydrogen-bond donors (Lipinski definition) is 0. The molecule has 0 spiro atoms. The van der Waals surface area contributed by atoms with Gasteiger partial charge in [-0.15, -0.1) is 0 Å². The van der Waals surface area contributed by atoms with E-state index in [9.17, 15) is 18.0 Å². The van der Waals surface area contributed by atoms with E-state index in [1.54, 1.807) is 0 Å². The second-order valence-electron chi connectivity index (χ2n) is 2.97. The van der Waals surface area contributed by atoms with E-state index in [1.165, 1.54) is 16.9 Å². The molecule has 0 fully saturated rings. The minimum atomic E-state index is -4.45. The Morgan fingerprint density at radius 3 is 2.67 bits per heavy atom. The van der Waals surface area contributed by atoms with Gasteiger partial charge in [0.1, 0.15) is 0 Å². The zero-order valence-corrected chi connectivity index (χ0v) is 7.32. The Labute approximate surface area is 82.2 Å². The predicted octanol–water partition coefficient (Wildman–Crippen LogP) is 2.17. The number of pyridine rings is 1. The van der Waals surface area contributed by atoms with Crippen LogP contribution in [-0.2, 0) is 6.18 Å². The molecule has 0 aromatic carbocycles. The topological polar surface area (TPSA) is 34.4 Å². The average molecular weight is 214 g/mol. The first-order valence-corrected chi connectivity index (χ1v) is 4.01.